The van der Waals surface area contributed by atoms with Gasteiger partial charge in [0.05, 0.1) is 0 Å². The molecule has 0 aromatic heterocycles. The van der Waals surface area contributed by atoms with Crippen molar-refractivity contribution < 1.29 is 0 Å². The van der Waals surface area contributed by atoms with Crippen LogP contribution < -0.4 is 5.32 Å². The van der Waals surface area contributed by atoms with Crippen molar-refractivity contribution >= 4 is 0 Å². The quantitative estimate of drug-likeness (QED) is 0.510. The van der Waals surface area contributed by atoms with Gasteiger partial charge in [-0.2, -0.15) is 0 Å². The molecule has 0 unspecified atom stereocenters. The molecule has 0 atom stereocenters. The zero-order chi connectivity index (χ0) is 15.3. The molecule has 0 bridgehead atoms. The molecule has 1 N–H and O–H groups in total. The van der Waals surface area contributed by atoms with Crippen LogP contribution in [0.3, 0.4) is 0 Å². The molecule has 0 heterocycles. The van der Waals surface area contributed by atoms with Crippen LogP contribution in [0.5, 0.6) is 0 Å². The Hall–Kier alpha value is -0.820. The van der Waals surface area contributed by atoms with Crippen LogP contribution in [0.1, 0.15) is 70.4 Å². The molecule has 0 saturated carbocycles. The van der Waals surface area contributed by atoms with E-state index in [0.29, 0.717) is 0 Å². The summed E-state index contributed by atoms with van der Waals surface area (Å²) in [4.78, 5) is 0. The number of unbranched alkanes of at least 4 members (excludes halogenated alkanes) is 4. The number of nitrogens with one attached hydrogen (secondary N) is 1. The summed E-state index contributed by atoms with van der Waals surface area (Å²) in [6, 6.07) is 9.30. The first-order chi connectivity index (χ1) is 10.2. The molecule has 1 aromatic rings. The lowest BCUT2D eigenvalue weighted by Crippen LogP contribution is -2.20. The topological polar surface area (TPSA) is 12.0 Å². The third kappa shape index (κ3) is 9.68. The van der Waals surface area contributed by atoms with Crippen LogP contribution in [-0.4, -0.2) is 13.1 Å². The molecule has 1 aromatic carbocycles. The highest BCUT2D eigenvalue weighted by atomic mass is 14.8. The fourth-order valence-corrected chi connectivity index (χ4v) is 2.58. The molecule has 0 aliphatic heterocycles. The fourth-order valence-electron chi connectivity index (χ4n) is 2.58. The Morgan fingerprint density at radius 3 is 1.95 bits per heavy atom. The molecule has 0 saturated heterocycles. The molecule has 0 spiro atoms. The number of benzene rings is 1. The zero-order valence-electron chi connectivity index (χ0n) is 14.5. The van der Waals surface area contributed by atoms with Gasteiger partial charge in [-0.1, -0.05) is 64.3 Å². The van der Waals surface area contributed by atoms with E-state index in [1.54, 1.807) is 0 Å². The summed E-state index contributed by atoms with van der Waals surface area (Å²) in [6.45, 7) is 9.13. The largest absolute Gasteiger partial charge is 0.316 e. The summed E-state index contributed by atoms with van der Waals surface area (Å²) in [5, 5.41) is 3.52. The minimum absolute atomic E-state index is 0.769. The molecule has 0 amide bonds. The highest BCUT2D eigenvalue weighted by Gasteiger charge is 1.97. The highest BCUT2D eigenvalue weighted by Crippen LogP contribution is 2.11. The van der Waals surface area contributed by atoms with Crippen molar-refractivity contribution in [3.63, 3.8) is 0 Å². The van der Waals surface area contributed by atoms with Crippen molar-refractivity contribution in [3.8, 4) is 0 Å². The van der Waals surface area contributed by atoms with Crippen LogP contribution in [0.15, 0.2) is 24.3 Å². The first kappa shape index (κ1) is 18.2. The third-order valence-corrected chi connectivity index (χ3v) is 3.96. The molecular weight excluding hydrogens is 254 g/mol. The maximum absolute atomic E-state index is 3.52. The monoisotopic (exact) mass is 289 g/mol. The molecule has 120 valence electrons. The van der Waals surface area contributed by atoms with Gasteiger partial charge in [0.15, 0.2) is 0 Å². The van der Waals surface area contributed by atoms with Gasteiger partial charge in [-0.3, -0.25) is 0 Å². The normalized spacial score (nSPS) is 11.2. The second-order valence-electron chi connectivity index (χ2n) is 6.68. The van der Waals surface area contributed by atoms with E-state index in [4.69, 9.17) is 0 Å². The zero-order valence-corrected chi connectivity index (χ0v) is 14.5. The summed E-state index contributed by atoms with van der Waals surface area (Å²) in [5.41, 5.74) is 3.00. The Balaban J connectivity index is 2.02. The number of hydrogen-bond acceptors (Lipinski definition) is 1. The van der Waals surface area contributed by atoms with Crippen molar-refractivity contribution in [1.82, 2.24) is 5.32 Å². The van der Waals surface area contributed by atoms with Crippen LogP contribution in [0.4, 0.5) is 0 Å². The summed E-state index contributed by atoms with van der Waals surface area (Å²) in [7, 11) is 0. The average molecular weight is 290 g/mol. The lowest BCUT2D eigenvalue weighted by Gasteiger charge is -2.07. The number of hydrogen-bond donors (Lipinski definition) is 1. The van der Waals surface area contributed by atoms with Gasteiger partial charge in [0.1, 0.15) is 0 Å². The van der Waals surface area contributed by atoms with Crippen LogP contribution in [0, 0.1) is 5.92 Å². The van der Waals surface area contributed by atoms with Gasteiger partial charge < -0.3 is 5.32 Å². The smallest absolute Gasteiger partial charge is 0.00258 e. The van der Waals surface area contributed by atoms with Crippen molar-refractivity contribution in [2.24, 2.45) is 5.92 Å². The number of aryl methyl sites for hydroxylation is 2. The summed E-state index contributed by atoms with van der Waals surface area (Å²) in [5.74, 6) is 0.769. The standard InChI is InChI=1S/C20H35N/c1-4-5-10-19-12-14-20(15-13-19)11-8-6-7-9-16-21-17-18(2)3/h12-15,18,21H,4-11,16-17H2,1-3H3. The van der Waals surface area contributed by atoms with E-state index in [-0.39, 0.29) is 0 Å². The van der Waals surface area contributed by atoms with Crippen molar-refractivity contribution in [2.45, 2.75) is 72.1 Å². The SMILES string of the molecule is CCCCc1ccc(CCCCCCNCC(C)C)cc1. The lowest BCUT2D eigenvalue weighted by atomic mass is 10.0. The van der Waals surface area contributed by atoms with E-state index in [1.165, 1.54) is 69.0 Å². The summed E-state index contributed by atoms with van der Waals surface area (Å²) in [6.07, 6.45) is 10.5. The van der Waals surface area contributed by atoms with Crippen LogP contribution in [0.2, 0.25) is 0 Å². The molecule has 1 rings (SSSR count). The Morgan fingerprint density at radius 1 is 0.810 bits per heavy atom. The van der Waals surface area contributed by atoms with E-state index in [0.717, 1.165) is 12.5 Å². The molecule has 1 nitrogen and oxygen atoms in total. The minimum Gasteiger partial charge on any atom is -0.316 e. The number of rotatable bonds is 12. The van der Waals surface area contributed by atoms with E-state index in [2.05, 4.69) is 50.4 Å². The maximum Gasteiger partial charge on any atom is -0.00258 e. The van der Waals surface area contributed by atoms with Gasteiger partial charge in [-0.05, 0) is 62.2 Å². The van der Waals surface area contributed by atoms with Crippen molar-refractivity contribution in [1.29, 1.82) is 0 Å². The predicted octanol–water partition coefficient (Wildman–Crippen LogP) is 5.38. The molecule has 21 heavy (non-hydrogen) atoms. The van der Waals surface area contributed by atoms with Crippen LogP contribution in [-0.2, 0) is 12.8 Å². The Kier molecular flexibility index (Phi) is 10.2. The van der Waals surface area contributed by atoms with Gasteiger partial charge in [-0.15, -0.1) is 0 Å². The molecule has 1 heteroatoms. The van der Waals surface area contributed by atoms with E-state index in [1.807, 2.05) is 0 Å². The first-order valence-corrected chi connectivity index (χ1v) is 9.01. The van der Waals surface area contributed by atoms with Crippen LogP contribution in [0.25, 0.3) is 0 Å². The average Bonchev–Trinajstić information content (AvgIpc) is 2.48. The summed E-state index contributed by atoms with van der Waals surface area (Å²) < 4.78 is 0. The van der Waals surface area contributed by atoms with Crippen molar-refractivity contribution in [3.05, 3.63) is 35.4 Å². The minimum atomic E-state index is 0.769. The van der Waals surface area contributed by atoms with Gasteiger partial charge in [-0.25, -0.2) is 0 Å². The second-order valence-corrected chi connectivity index (χ2v) is 6.68. The fraction of sp³-hybridized carbons (Fsp3) is 0.700. The molecular formula is C20H35N. The van der Waals surface area contributed by atoms with Crippen LogP contribution >= 0.6 is 0 Å². The Morgan fingerprint density at radius 2 is 1.38 bits per heavy atom. The van der Waals surface area contributed by atoms with Crippen molar-refractivity contribution in [2.75, 3.05) is 13.1 Å². The predicted molar refractivity (Wildman–Crippen MR) is 94.9 cm³/mol. The van der Waals surface area contributed by atoms with Gasteiger partial charge >= 0.3 is 0 Å². The van der Waals surface area contributed by atoms with Gasteiger partial charge in [0.2, 0.25) is 0 Å². The second kappa shape index (κ2) is 11.8. The van der Waals surface area contributed by atoms with Gasteiger partial charge in [0.25, 0.3) is 0 Å². The lowest BCUT2D eigenvalue weighted by molar-refractivity contribution is 0.526. The van der Waals surface area contributed by atoms with E-state index >= 15 is 0 Å². The third-order valence-electron chi connectivity index (χ3n) is 3.96. The first-order valence-electron chi connectivity index (χ1n) is 9.01. The van der Waals surface area contributed by atoms with E-state index in [9.17, 15) is 0 Å². The summed E-state index contributed by atoms with van der Waals surface area (Å²) >= 11 is 0. The Bertz CT molecular complexity index is 339. The molecule has 0 aliphatic carbocycles. The maximum atomic E-state index is 3.52. The Labute approximate surface area is 132 Å². The van der Waals surface area contributed by atoms with Gasteiger partial charge in [0, 0.05) is 0 Å². The van der Waals surface area contributed by atoms with E-state index < -0.39 is 0 Å². The molecule has 0 fully saturated rings. The highest BCUT2D eigenvalue weighted by molar-refractivity contribution is 5.22. The molecule has 0 aliphatic rings. The molecule has 0 radical (unpaired) electrons.